The standard InChI is InChI=1S/C17H23FN4O2/c1-10-20-17(22-21-10)11-5-12(15(23)7-11)8-19-9-13-6-14(18)3-4-16(13)24-2/h3-4,6,11-12,15,19,23H,5,7-9H2,1-2H3,(H,20,21,22)/t11-,12+,15+/m0/s1. The first kappa shape index (κ1) is 16.9. The van der Waals surface area contributed by atoms with Gasteiger partial charge in [-0.3, -0.25) is 5.10 Å². The smallest absolute Gasteiger partial charge is 0.153 e. The maximum absolute atomic E-state index is 13.4. The number of aromatic amines is 1. The molecular formula is C17H23FN4O2. The van der Waals surface area contributed by atoms with E-state index in [-0.39, 0.29) is 23.8 Å². The Kier molecular flexibility index (Phi) is 5.11. The number of nitrogens with one attached hydrogen (secondary N) is 2. The molecule has 1 saturated carbocycles. The Morgan fingerprint density at radius 1 is 1.42 bits per heavy atom. The molecule has 7 heteroatoms. The number of methoxy groups -OCH3 is 1. The maximum atomic E-state index is 13.4. The van der Waals surface area contributed by atoms with Gasteiger partial charge in [-0.2, -0.15) is 5.10 Å². The SMILES string of the molecule is COc1ccc(F)cc1CNC[C@H]1C[C@H](c2n[nH]c(C)n2)C[C@H]1O. The highest BCUT2D eigenvalue weighted by Crippen LogP contribution is 2.36. The summed E-state index contributed by atoms with van der Waals surface area (Å²) in [5.74, 6) is 2.26. The summed E-state index contributed by atoms with van der Waals surface area (Å²) < 4.78 is 18.6. The van der Waals surface area contributed by atoms with Gasteiger partial charge < -0.3 is 15.2 Å². The fraction of sp³-hybridized carbons (Fsp3) is 0.529. The fourth-order valence-corrected chi connectivity index (χ4v) is 3.35. The van der Waals surface area contributed by atoms with Crippen molar-refractivity contribution in [1.29, 1.82) is 0 Å². The van der Waals surface area contributed by atoms with Crippen LogP contribution in [0.4, 0.5) is 4.39 Å². The number of aryl methyl sites for hydroxylation is 1. The predicted molar refractivity (Wildman–Crippen MR) is 87.3 cm³/mol. The van der Waals surface area contributed by atoms with Gasteiger partial charge in [-0.1, -0.05) is 0 Å². The van der Waals surface area contributed by atoms with E-state index in [2.05, 4.69) is 20.5 Å². The van der Waals surface area contributed by atoms with E-state index in [9.17, 15) is 9.50 Å². The Morgan fingerprint density at radius 2 is 2.25 bits per heavy atom. The van der Waals surface area contributed by atoms with E-state index in [1.807, 2.05) is 6.92 Å². The minimum atomic E-state index is -0.379. The monoisotopic (exact) mass is 334 g/mol. The topological polar surface area (TPSA) is 83.1 Å². The minimum Gasteiger partial charge on any atom is -0.496 e. The van der Waals surface area contributed by atoms with Crippen molar-refractivity contribution in [3.8, 4) is 5.75 Å². The molecule has 1 aliphatic carbocycles. The summed E-state index contributed by atoms with van der Waals surface area (Å²) in [6.45, 7) is 3.02. The average Bonchev–Trinajstić information content (AvgIpc) is 3.14. The molecule has 0 bridgehead atoms. The molecule has 0 spiro atoms. The maximum Gasteiger partial charge on any atom is 0.153 e. The van der Waals surface area contributed by atoms with Crippen LogP contribution in [0.25, 0.3) is 0 Å². The van der Waals surface area contributed by atoms with Crippen molar-refractivity contribution in [2.75, 3.05) is 13.7 Å². The number of ether oxygens (including phenoxy) is 1. The molecule has 1 heterocycles. The number of nitrogens with zero attached hydrogens (tertiary/aromatic N) is 2. The lowest BCUT2D eigenvalue weighted by Gasteiger charge is -2.16. The van der Waals surface area contributed by atoms with Gasteiger partial charge in [0.1, 0.15) is 17.4 Å². The first-order valence-electron chi connectivity index (χ1n) is 8.17. The van der Waals surface area contributed by atoms with E-state index in [0.717, 1.165) is 23.6 Å². The van der Waals surface area contributed by atoms with E-state index in [0.29, 0.717) is 25.3 Å². The van der Waals surface area contributed by atoms with Gasteiger partial charge >= 0.3 is 0 Å². The Morgan fingerprint density at radius 3 is 2.96 bits per heavy atom. The van der Waals surface area contributed by atoms with E-state index in [1.54, 1.807) is 13.2 Å². The molecule has 3 rings (SSSR count). The Bertz CT molecular complexity index is 691. The summed E-state index contributed by atoms with van der Waals surface area (Å²) in [7, 11) is 1.57. The third kappa shape index (κ3) is 3.73. The summed E-state index contributed by atoms with van der Waals surface area (Å²) in [5, 5.41) is 20.6. The van der Waals surface area contributed by atoms with Crippen molar-refractivity contribution in [3.63, 3.8) is 0 Å². The molecule has 3 atom stereocenters. The summed E-state index contributed by atoms with van der Waals surface area (Å²) >= 11 is 0. The molecule has 3 N–H and O–H groups in total. The molecule has 0 amide bonds. The number of aliphatic hydroxyl groups is 1. The largest absolute Gasteiger partial charge is 0.496 e. The van der Waals surface area contributed by atoms with Gasteiger partial charge in [-0.05, 0) is 43.9 Å². The van der Waals surface area contributed by atoms with Crippen molar-refractivity contribution in [2.24, 2.45) is 5.92 Å². The van der Waals surface area contributed by atoms with Crippen molar-refractivity contribution in [1.82, 2.24) is 20.5 Å². The zero-order valence-electron chi connectivity index (χ0n) is 13.9. The highest BCUT2D eigenvalue weighted by atomic mass is 19.1. The van der Waals surface area contributed by atoms with Crippen molar-refractivity contribution in [2.45, 2.75) is 38.3 Å². The van der Waals surface area contributed by atoms with Crippen LogP contribution in [0.3, 0.4) is 0 Å². The minimum absolute atomic E-state index is 0.133. The highest BCUT2D eigenvalue weighted by Gasteiger charge is 2.35. The lowest BCUT2D eigenvalue weighted by molar-refractivity contribution is 0.131. The van der Waals surface area contributed by atoms with Crippen LogP contribution in [0.5, 0.6) is 5.75 Å². The number of rotatable bonds is 6. The Balaban J connectivity index is 1.54. The van der Waals surface area contributed by atoms with Crippen molar-refractivity contribution < 1.29 is 14.2 Å². The highest BCUT2D eigenvalue weighted by molar-refractivity contribution is 5.33. The zero-order valence-corrected chi connectivity index (χ0v) is 13.9. The molecule has 0 aliphatic heterocycles. The van der Waals surface area contributed by atoms with Crippen LogP contribution < -0.4 is 10.1 Å². The number of hydrogen-bond acceptors (Lipinski definition) is 5. The van der Waals surface area contributed by atoms with E-state index in [4.69, 9.17) is 4.74 Å². The van der Waals surface area contributed by atoms with Crippen LogP contribution in [0.1, 0.15) is 36.0 Å². The second-order valence-corrected chi connectivity index (χ2v) is 6.36. The van der Waals surface area contributed by atoms with Gasteiger partial charge in [0.25, 0.3) is 0 Å². The molecule has 130 valence electrons. The zero-order chi connectivity index (χ0) is 17.1. The molecule has 1 aliphatic rings. The predicted octanol–water partition coefficient (Wildman–Crippen LogP) is 1.91. The van der Waals surface area contributed by atoms with Crippen LogP contribution in [0, 0.1) is 18.7 Å². The van der Waals surface area contributed by atoms with Crippen molar-refractivity contribution in [3.05, 3.63) is 41.2 Å². The molecule has 0 radical (unpaired) electrons. The number of hydrogen-bond donors (Lipinski definition) is 3. The van der Waals surface area contributed by atoms with Gasteiger partial charge in [0, 0.05) is 24.6 Å². The molecular weight excluding hydrogens is 311 g/mol. The lowest BCUT2D eigenvalue weighted by atomic mass is 10.0. The molecule has 1 fully saturated rings. The number of H-pyrrole nitrogens is 1. The van der Waals surface area contributed by atoms with Gasteiger partial charge in [0.05, 0.1) is 13.2 Å². The third-order valence-electron chi connectivity index (χ3n) is 4.60. The average molecular weight is 334 g/mol. The summed E-state index contributed by atoms with van der Waals surface area (Å²) in [4.78, 5) is 4.37. The normalized spacial score (nSPS) is 23.6. The summed E-state index contributed by atoms with van der Waals surface area (Å²) in [5.41, 5.74) is 0.770. The number of aliphatic hydroxyl groups excluding tert-OH is 1. The number of halogens is 1. The Hall–Kier alpha value is -1.99. The van der Waals surface area contributed by atoms with Crippen molar-refractivity contribution >= 4 is 0 Å². The molecule has 1 aromatic carbocycles. The van der Waals surface area contributed by atoms with Gasteiger partial charge in [0.15, 0.2) is 5.82 Å². The van der Waals surface area contributed by atoms with E-state index >= 15 is 0 Å². The van der Waals surface area contributed by atoms with Crippen LogP contribution in [0.15, 0.2) is 18.2 Å². The summed E-state index contributed by atoms with van der Waals surface area (Å²) in [6.07, 6.45) is 1.13. The first-order chi connectivity index (χ1) is 11.6. The van der Waals surface area contributed by atoms with Crippen LogP contribution in [0.2, 0.25) is 0 Å². The fourth-order valence-electron chi connectivity index (χ4n) is 3.35. The molecule has 6 nitrogen and oxygen atoms in total. The van der Waals surface area contributed by atoms with Gasteiger partial charge in [-0.25, -0.2) is 9.37 Å². The van der Waals surface area contributed by atoms with Gasteiger partial charge in [0.2, 0.25) is 0 Å². The summed E-state index contributed by atoms with van der Waals surface area (Å²) in [6, 6.07) is 4.47. The van der Waals surface area contributed by atoms with Crippen LogP contribution in [-0.4, -0.2) is 40.0 Å². The molecule has 24 heavy (non-hydrogen) atoms. The molecule has 2 aromatic rings. The number of aromatic nitrogens is 3. The lowest BCUT2D eigenvalue weighted by Crippen LogP contribution is -2.27. The van der Waals surface area contributed by atoms with Gasteiger partial charge in [-0.15, -0.1) is 0 Å². The number of benzene rings is 1. The van der Waals surface area contributed by atoms with Crippen LogP contribution in [-0.2, 0) is 6.54 Å². The molecule has 0 saturated heterocycles. The quantitative estimate of drug-likeness (QED) is 0.752. The Labute approximate surface area is 140 Å². The van der Waals surface area contributed by atoms with Crippen LogP contribution >= 0.6 is 0 Å². The molecule has 1 aromatic heterocycles. The third-order valence-corrected chi connectivity index (χ3v) is 4.60. The van der Waals surface area contributed by atoms with E-state index in [1.165, 1.54) is 12.1 Å². The van der Waals surface area contributed by atoms with E-state index < -0.39 is 0 Å². The second kappa shape index (κ2) is 7.27. The second-order valence-electron chi connectivity index (χ2n) is 6.36. The first-order valence-corrected chi connectivity index (χ1v) is 8.17. The molecule has 0 unspecified atom stereocenters.